The molecule has 0 aliphatic carbocycles. The second kappa shape index (κ2) is 7.28. The Morgan fingerprint density at radius 3 is 2.68 bits per heavy atom. The Morgan fingerprint density at radius 1 is 1.07 bits per heavy atom. The molecule has 2 aromatic carbocycles. The molecule has 2 N–H and O–H groups in total. The monoisotopic (exact) mass is 373 g/mol. The number of benzene rings is 2. The van der Waals surface area contributed by atoms with Crippen molar-refractivity contribution in [1.82, 2.24) is 15.0 Å². The number of fused-ring (bicyclic) bond motifs is 1. The van der Waals surface area contributed by atoms with Gasteiger partial charge in [0.05, 0.1) is 10.3 Å². The predicted molar refractivity (Wildman–Crippen MR) is 106 cm³/mol. The van der Waals surface area contributed by atoms with Crippen molar-refractivity contribution in [1.29, 1.82) is 0 Å². The first-order chi connectivity index (χ1) is 13.6. The van der Waals surface area contributed by atoms with E-state index in [0.29, 0.717) is 23.6 Å². The lowest BCUT2D eigenvalue weighted by molar-refractivity contribution is -0.384. The van der Waals surface area contributed by atoms with Crippen molar-refractivity contribution in [2.45, 2.75) is 6.54 Å². The molecule has 28 heavy (non-hydrogen) atoms. The summed E-state index contributed by atoms with van der Waals surface area (Å²) in [6.07, 6.45) is 1.53. The summed E-state index contributed by atoms with van der Waals surface area (Å²) in [6.45, 7) is 0.500. The number of anilines is 1. The molecule has 138 valence electrons. The van der Waals surface area contributed by atoms with E-state index in [9.17, 15) is 14.9 Å². The summed E-state index contributed by atoms with van der Waals surface area (Å²) in [5.41, 5.74) is 1.99. The molecular formula is C20H15N5O3. The van der Waals surface area contributed by atoms with Crippen LogP contribution < -0.4 is 10.9 Å². The number of non-ortho nitro benzene ring substituents is 1. The molecule has 8 heteroatoms. The van der Waals surface area contributed by atoms with Crippen LogP contribution in [0.25, 0.3) is 22.2 Å². The Labute approximate surface area is 159 Å². The third kappa shape index (κ3) is 3.43. The SMILES string of the molecule is O=c1[nH]c(NCc2ccccc2)nc2nccc(-c3cccc([N+](=O)[O-])c3)c12. The predicted octanol–water partition coefficient (Wildman–Crippen LogP) is 3.51. The second-order valence-electron chi connectivity index (χ2n) is 6.12. The van der Waals surface area contributed by atoms with Crippen LogP contribution in [0.2, 0.25) is 0 Å². The number of rotatable bonds is 5. The van der Waals surface area contributed by atoms with Gasteiger partial charge in [0.2, 0.25) is 5.95 Å². The highest BCUT2D eigenvalue weighted by atomic mass is 16.6. The summed E-state index contributed by atoms with van der Waals surface area (Å²) >= 11 is 0. The van der Waals surface area contributed by atoms with E-state index in [1.54, 1.807) is 18.2 Å². The van der Waals surface area contributed by atoms with Crippen molar-refractivity contribution in [3.05, 3.63) is 92.9 Å². The molecule has 4 aromatic rings. The van der Waals surface area contributed by atoms with E-state index in [1.807, 2.05) is 30.3 Å². The minimum absolute atomic E-state index is 0.0482. The number of aromatic nitrogens is 3. The molecule has 0 saturated carbocycles. The number of nitrogens with zero attached hydrogens (tertiary/aromatic N) is 3. The molecule has 0 amide bonds. The minimum atomic E-state index is -0.471. The van der Waals surface area contributed by atoms with E-state index >= 15 is 0 Å². The van der Waals surface area contributed by atoms with Crippen LogP contribution in [0.4, 0.5) is 11.6 Å². The molecule has 8 nitrogen and oxygen atoms in total. The molecule has 0 radical (unpaired) electrons. The highest BCUT2D eigenvalue weighted by molar-refractivity contribution is 5.92. The topological polar surface area (TPSA) is 114 Å². The van der Waals surface area contributed by atoms with Crippen LogP contribution in [-0.2, 0) is 6.54 Å². The highest BCUT2D eigenvalue weighted by Gasteiger charge is 2.14. The summed E-state index contributed by atoms with van der Waals surface area (Å²) in [5, 5.41) is 14.4. The molecule has 0 bridgehead atoms. The quantitative estimate of drug-likeness (QED) is 0.409. The van der Waals surface area contributed by atoms with Crippen LogP contribution >= 0.6 is 0 Å². The number of nitro benzene ring substituents is 1. The van der Waals surface area contributed by atoms with Gasteiger partial charge in [-0.05, 0) is 17.2 Å². The maximum atomic E-state index is 12.7. The molecule has 0 unspecified atom stereocenters. The number of pyridine rings is 1. The number of H-pyrrole nitrogens is 1. The van der Waals surface area contributed by atoms with Gasteiger partial charge in [0.25, 0.3) is 11.2 Å². The van der Waals surface area contributed by atoms with Gasteiger partial charge in [-0.3, -0.25) is 19.9 Å². The van der Waals surface area contributed by atoms with Crippen LogP contribution in [0.15, 0.2) is 71.7 Å². The largest absolute Gasteiger partial charge is 0.352 e. The summed E-state index contributed by atoms with van der Waals surface area (Å²) in [7, 11) is 0. The average molecular weight is 373 g/mol. The fraction of sp³-hybridized carbons (Fsp3) is 0.0500. The summed E-state index contributed by atoms with van der Waals surface area (Å²) in [4.78, 5) is 34.6. The lowest BCUT2D eigenvalue weighted by Crippen LogP contribution is -2.14. The van der Waals surface area contributed by atoms with E-state index < -0.39 is 4.92 Å². The van der Waals surface area contributed by atoms with Crippen molar-refractivity contribution in [3.8, 4) is 11.1 Å². The van der Waals surface area contributed by atoms with Gasteiger partial charge >= 0.3 is 0 Å². The smallest absolute Gasteiger partial charge is 0.270 e. The van der Waals surface area contributed by atoms with Crippen LogP contribution in [0, 0.1) is 10.1 Å². The number of nitrogens with one attached hydrogen (secondary N) is 2. The van der Waals surface area contributed by atoms with E-state index in [0.717, 1.165) is 5.56 Å². The molecule has 4 rings (SSSR count). The van der Waals surface area contributed by atoms with Gasteiger partial charge in [0, 0.05) is 30.4 Å². The van der Waals surface area contributed by atoms with E-state index in [4.69, 9.17) is 0 Å². The standard InChI is InChI=1S/C20H15N5O3/c26-19-17-16(14-7-4-8-15(11-14)25(27)28)9-10-21-18(17)23-20(24-19)22-12-13-5-2-1-3-6-13/h1-11H,12H2,(H2,21,22,23,24,26). The number of aromatic amines is 1. The van der Waals surface area contributed by atoms with Crippen molar-refractivity contribution < 1.29 is 4.92 Å². The minimum Gasteiger partial charge on any atom is -0.352 e. The molecule has 0 aliphatic rings. The zero-order chi connectivity index (χ0) is 19.5. The van der Waals surface area contributed by atoms with E-state index in [1.165, 1.54) is 18.3 Å². The molecule has 0 fully saturated rings. The van der Waals surface area contributed by atoms with Gasteiger partial charge in [0.15, 0.2) is 5.65 Å². The van der Waals surface area contributed by atoms with Crippen molar-refractivity contribution >= 4 is 22.7 Å². The normalized spacial score (nSPS) is 10.7. The Morgan fingerprint density at radius 2 is 1.89 bits per heavy atom. The molecule has 0 atom stereocenters. The third-order valence-electron chi connectivity index (χ3n) is 4.28. The van der Waals surface area contributed by atoms with Crippen molar-refractivity contribution in [3.63, 3.8) is 0 Å². The molecule has 0 saturated heterocycles. The second-order valence-corrected chi connectivity index (χ2v) is 6.12. The van der Waals surface area contributed by atoms with Crippen LogP contribution in [0.1, 0.15) is 5.56 Å². The zero-order valence-corrected chi connectivity index (χ0v) is 14.6. The van der Waals surface area contributed by atoms with Gasteiger partial charge < -0.3 is 5.32 Å². The van der Waals surface area contributed by atoms with Gasteiger partial charge in [-0.25, -0.2) is 4.98 Å². The van der Waals surface area contributed by atoms with Gasteiger partial charge in [-0.2, -0.15) is 4.98 Å². The first-order valence-corrected chi connectivity index (χ1v) is 8.53. The first kappa shape index (κ1) is 17.3. The third-order valence-corrected chi connectivity index (χ3v) is 4.28. The first-order valence-electron chi connectivity index (χ1n) is 8.53. The number of hydrogen-bond acceptors (Lipinski definition) is 6. The number of nitro groups is 1. The molecule has 2 aromatic heterocycles. The Balaban J connectivity index is 1.74. The van der Waals surface area contributed by atoms with Crippen molar-refractivity contribution in [2.24, 2.45) is 0 Å². The molecule has 0 spiro atoms. The molecular weight excluding hydrogens is 358 g/mol. The zero-order valence-electron chi connectivity index (χ0n) is 14.6. The number of hydrogen-bond donors (Lipinski definition) is 2. The summed E-state index contributed by atoms with van der Waals surface area (Å²) < 4.78 is 0. The Hall–Kier alpha value is -4.07. The fourth-order valence-electron chi connectivity index (χ4n) is 2.96. The maximum absolute atomic E-state index is 12.7. The van der Waals surface area contributed by atoms with Gasteiger partial charge in [0.1, 0.15) is 0 Å². The van der Waals surface area contributed by atoms with Crippen molar-refractivity contribution in [2.75, 3.05) is 5.32 Å². The van der Waals surface area contributed by atoms with Crippen LogP contribution in [0.3, 0.4) is 0 Å². The summed E-state index contributed by atoms with van der Waals surface area (Å²) in [6, 6.07) is 17.5. The Bertz CT molecular complexity index is 1220. The molecule has 2 heterocycles. The fourth-order valence-corrected chi connectivity index (χ4v) is 2.96. The van der Waals surface area contributed by atoms with Crippen LogP contribution in [-0.4, -0.2) is 19.9 Å². The Kier molecular flexibility index (Phi) is 4.51. The van der Waals surface area contributed by atoms with Gasteiger partial charge in [-0.1, -0.05) is 42.5 Å². The van der Waals surface area contributed by atoms with Crippen LogP contribution in [0.5, 0.6) is 0 Å². The average Bonchev–Trinajstić information content (AvgIpc) is 2.72. The summed E-state index contributed by atoms with van der Waals surface area (Å²) in [5.74, 6) is 0.310. The highest BCUT2D eigenvalue weighted by Crippen LogP contribution is 2.27. The van der Waals surface area contributed by atoms with E-state index in [-0.39, 0.29) is 22.3 Å². The maximum Gasteiger partial charge on any atom is 0.270 e. The lowest BCUT2D eigenvalue weighted by Gasteiger charge is -2.08. The molecule has 0 aliphatic heterocycles. The van der Waals surface area contributed by atoms with Gasteiger partial charge in [-0.15, -0.1) is 0 Å². The lowest BCUT2D eigenvalue weighted by atomic mass is 10.0. The van der Waals surface area contributed by atoms with E-state index in [2.05, 4.69) is 20.3 Å².